The molecule has 1 aromatic carbocycles. The summed E-state index contributed by atoms with van der Waals surface area (Å²) in [5, 5.41) is 9.22. The fourth-order valence-electron chi connectivity index (χ4n) is 1.62. The van der Waals surface area contributed by atoms with Gasteiger partial charge in [0, 0.05) is 6.54 Å². The maximum atomic E-state index is 9.22. The second-order valence-corrected chi connectivity index (χ2v) is 4.45. The molecule has 0 spiro atoms. The molecule has 0 fully saturated rings. The van der Waals surface area contributed by atoms with Gasteiger partial charge in [0.2, 0.25) is 0 Å². The standard InChI is InChI=1S/C13H21NO/c1-11(15)7-8-12-5-4-6-13(9-12)10-14(2)3/h4-6,9,11,15H,7-8,10H2,1-3H3/t11-/m1/s1. The third-order valence-electron chi connectivity index (χ3n) is 2.34. The van der Waals surface area contributed by atoms with E-state index in [-0.39, 0.29) is 6.10 Å². The van der Waals surface area contributed by atoms with Gasteiger partial charge < -0.3 is 10.0 Å². The molecule has 0 unspecified atom stereocenters. The Labute approximate surface area is 92.5 Å². The van der Waals surface area contributed by atoms with E-state index >= 15 is 0 Å². The predicted octanol–water partition coefficient (Wildman–Crippen LogP) is 2.06. The summed E-state index contributed by atoms with van der Waals surface area (Å²) in [5.41, 5.74) is 2.65. The van der Waals surface area contributed by atoms with Crippen LogP contribution in [0.25, 0.3) is 0 Å². The van der Waals surface area contributed by atoms with Crippen LogP contribution in [0, 0.1) is 0 Å². The molecule has 1 rings (SSSR count). The maximum absolute atomic E-state index is 9.22. The van der Waals surface area contributed by atoms with Crippen molar-refractivity contribution in [1.29, 1.82) is 0 Å². The van der Waals surface area contributed by atoms with Gasteiger partial charge in [-0.3, -0.25) is 0 Å². The summed E-state index contributed by atoms with van der Waals surface area (Å²) in [5.74, 6) is 0. The van der Waals surface area contributed by atoms with Crippen molar-refractivity contribution in [3.63, 3.8) is 0 Å². The largest absolute Gasteiger partial charge is 0.393 e. The lowest BCUT2D eigenvalue weighted by Crippen LogP contribution is -2.10. The first kappa shape index (κ1) is 12.2. The monoisotopic (exact) mass is 207 g/mol. The molecule has 0 aliphatic carbocycles. The lowest BCUT2D eigenvalue weighted by molar-refractivity contribution is 0.185. The van der Waals surface area contributed by atoms with Crippen LogP contribution < -0.4 is 0 Å². The molecule has 0 saturated carbocycles. The van der Waals surface area contributed by atoms with Crippen molar-refractivity contribution in [2.24, 2.45) is 0 Å². The molecule has 1 N–H and O–H groups in total. The normalized spacial score (nSPS) is 13.1. The molecule has 0 amide bonds. The zero-order chi connectivity index (χ0) is 11.3. The van der Waals surface area contributed by atoms with E-state index in [9.17, 15) is 5.11 Å². The van der Waals surface area contributed by atoms with E-state index in [2.05, 4.69) is 43.3 Å². The Kier molecular flexibility index (Phi) is 4.79. The second-order valence-electron chi connectivity index (χ2n) is 4.45. The second kappa shape index (κ2) is 5.89. The van der Waals surface area contributed by atoms with Gasteiger partial charge >= 0.3 is 0 Å². The molecule has 0 saturated heterocycles. The SMILES string of the molecule is C[C@@H](O)CCc1cccc(CN(C)C)c1. The van der Waals surface area contributed by atoms with Crippen molar-refractivity contribution in [3.8, 4) is 0 Å². The summed E-state index contributed by atoms with van der Waals surface area (Å²) in [7, 11) is 4.14. The molecule has 15 heavy (non-hydrogen) atoms. The predicted molar refractivity (Wildman–Crippen MR) is 63.8 cm³/mol. The first-order valence-electron chi connectivity index (χ1n) is 5.48. The Bertz CT molecular complexity index is 294. The van der Waals surface area contributed by atoms with Gasteiger partial charge in [0.05, 0.1) is 6.10 Å². The van der Waals surface area contributed by atoms with Crippen LogP contribution in [0.15, 0.2) is 24.3 Å². The fraction of sp³-hybridized carbons (Fsp3) is 0.538. The van der Waals surface area contributed by atoms with Crippen LogP contribution in [0.3, 0.4) is 0 Å². The van der Waals surface area contributed by atoms with Gasteiger partial charge in [-0.15, -0.1) is 0 Å². The number of hydrogen-bond donors (Lipinski definition) is 1. The van der Waals surface area contributed by atoms with Gasteiger partial charge in [-0.1, -0.05) is 24.3 Å². The molecule has 0 bridgehead atoms. The number of nitrogens with zero attached hydrogens (tertiary/aromatic N) is 1. The highest BCUT2D eigenvalue weighted by atomic mass is 16.3. The molecule has 0 aliphatic heterocycles. The maximum Gasteiger partial charge on any atom is 0.0515 e. The van der Waals surface area contributed by atoms with Crippen LogP contribution in [0.5, 0.6) is 0 Å². The Morgan fingerprint density at radius 1 is 1.27 bits per heavy atom. The number of rotatable bonds is 5. The van der Waals surface area contributed by atoms with E-state index in [1.165, 1.54) is 11.1 Å². The summed E-state index contributed by atoms with van der Waals surface area (Å²) in [6.07, 6.45) is 1.59. The summed E-state index contributed by atoms with van der Waals surface area (Å²) in [6, 6.07) is 8.59. The first-order chi connectivity index (χ1) is 7.08. The first-order valence-corrected chi connectivity index (χ1v) is 5.48. The third-order valence-corrected chi connectivity index (χ3v) is 2.34. The van der Waals surface area contributed by atoms with Gasteiger partial charge in [0.25, 0.3) is 0 Å². The van der Waals surface area contributed by atoms with Crippen molar-refractivity contribution < 1.29 is 5.11 Å². The highest BCUT2D eigenvalue weighted by molar-refractivity contribution is 5.23. The minimum Gasteiger partial charge on any atom is -0.393 e. The zero-order valence-electron chi connectivity index (χ0n) is 9.90. The van der Waals surface area contributed by atoms with Gasteiger partial charge in [0.15, 0.2) is 0 Å². The Hall–Kier alpha value is -0.860. The van der Waals surface area contributed by atoms with Gasteiger partial charge in [-0.25, -0.2) is 0 Å². The van der Waals surface area contributed by atoms with Crippen LogP contribution in [0.1, 0.15) is 24.5 Å². The Morgan fingerprint density at radius 2 is 1.93 bits per heavy atom. The van der Waals surface area contributed by atoms with Crippen molar-refractivity contribution in [2.45, 2.75) is 32.4 Å². The Balaban J connectivity index is 2.57. The highest BCUT2D eigenvalue weighted by Gasteiger charge is 2.00. The van der Waals surface area contributed by atoms with E-state index in [0.29, 0.717) is 0 Å². The van der Waals surface area contributed by atoms with Gasteiger partial charge in [0.1, 0.15) is 0 Å². The molecule has 1 atom stereocenters. The van der Waals surface area contributed by atoms with E-state index in [0.717, 1.165) is 19.4 Å². The number of aliphatic hydroxyl groups is 1. The molecule has 0 aromatic heterocycles. The van der Waals surface area contributed by atoms with Crippen LogP contribution in [-0.4, -0.2) is 30.2 Å². The van der Waals surface area contributed by atoms with Crippen LogP contribution >= 0.6 is 0 Å². The molecule has 0 aliphatic rings. The van der Waals surface area contributed by atoms with Crippen LogP contribution in [0.2, 0.25) is 0 Å². The summed E-state index contributed by atoms with van der Waals surface area (Å²) < 4.78 is 0. The number of aryl methyl sites for hydroxylation is 1. The average Bonchev–Trinajstić information content (AvgIpc) is 2.14. The molecule has 84 valence electrons. The summed E-state index contributed by atoms with van der Waals surface area (Å²) in [4.78, 5) is 2.16. The minimum absolute atomic E-state index is 0.206. The number of aliphatic hydroxyl groups excluding tert-OH is 1. The van der Waals surface area contributed by atoms with E-state index in [1.807, 2.05) is 6.92 Å². The van der Waals surface area contributed by atoms with Crippen molar-refractivity contribution in [3.05, 3.63) is 35.4 Å². The average molecular weight is 207 g/mol. The van der Waals surface area contributed by atoms with Crippen molar-refractivity contribution >= 4 is 0 Å². The fourth-order valence-corrected chi connectivity index (χ4v) is 1.62. The van der Waals surface area contributed by atoms with Crippen molar-refractivity contribution in [2.75, 3.05) is 14.1 Å². The molecule has 2 heteroatoms. The van der Waals surface area contributed by atoms with Crippen LogP contribution in [0.4, 0.5) is 0 Å². The molecule has 2 nitrogen and oxygen atoms in total. The molecule has 0 heterocycles. The summed E-state index contributed by atoms with van der Waals surface area (Å²) >= 11 is 0. The lowest BCUT2D eigenvalue weighted by Gasteiger charge is -2.11. The molecule has 0 radical (unpaired) electrons. The lowest BCUT2D eigenvalue weighted by atomic mass is 10.0. The van der Waals surface area contributed by atoms with E-state index in [1.54, 1.807) is 0 Å². The van der Waals surface area contributed by atoms with Gasteiger partial charge in [-0.05, 0) is 45.0 Å². The highest BCUT2D eigenvalue weighted by Crippen LogP contribution is 2.10. The minimum atomic E-state index is -0.206. The van der Waals surface area contributed by atoms with E-state index < -0.39 is 0 Å². The Morgan fingerprint density at radius 3 is 2.53 bits per heavy atom. The molecule has 1 aromatic rings. The van der Waals surface area contributed by atoms with E-state index in [4.69, 9.17) is 0 Å². The summed E-state index contributed by atoms with van der Waals surface area (Å²) in [6.45, 7) is 2.81. The molecular weight excluding hydrogens is 186 g/mol. The smallest absolute Gasteiger partial charge is 0.0515 e. The molecular formula is C13H21NO. The van der Waals surface area contributed by atoms with Crippen molar-refractivity contribution in [1.82, 2.24) is 4.90 Å². The zero-order valence-corrected chi connectivity index (χ0v) is 9.90. The van der Waals surface area contributed by atoms with Crippen LogP contribution in [-0.2, 0) is 13.0 Å². The quantitative estimate of drug-likeness (QED) is 0.799. The topological polar surface area (TPSA) is 23.5 Å². The number of benzene rings is 1. The van der Waals surface area contributed by atoms with Gasteiger partial charge in [-0.2, -0.15) is 0 Å². The third kappa shape index (κ3) is 4.96. The number of hydrogen-bond acceptors (Lipinski definition) is 2.